The van der Waals surface area contributed by atoms with Crippen molar-refractivity contribution in [1.29, 1.82) is 0 Å². The largest absolute Gasteiger partial charge is 0.480 e. The number of carbonyl (C=O) groups is 1. The Balaban J connectivity index is 1.37. The highest BCUT2D eigenvalue weighted by Crippen LogP contribution is 2.27. The molecule has 0 aliphatic carbocycles. The Labute approximate surface area is 196 Å². The van der Waals surface area contributed by atoms with Crippen LogP contribution in [0.4, 0.5) is 10.6 Å². The average molecular weight is 467 g/mol. The Morgan fingerprint density at radius 3 is 2.70 bits per heavy atom. The number of anilines is 1. The molecule has 0 saturated carbocycles. The lowest BCUT2D eigenvalue weighted by molar-refractivity contribution is 0.197. The zero-order valence-electron chi connectivity index (χ0n) is 18.2. The van der Waals surface area contributed by atoms with E-state index in [1.807, 2.05) is 24.3 Å². The second-order valence-corrected chi connectivity index (χ2v) is 7.99. The maximum Gasteiger partial charge on any atom is 0.323 e. The molecular weight excluding hydrogens is 444 g/mol. The van der Waals surface area contributed by atoms with Crippen LogP contribution >= 0.6 is 11.6 Å². The molecule has 9 nitrogen and oxygen atoms in total. The van der Waals surface area contributed by atoms with E-state index in [-0.39, 0.29) is 18.0 Å². The van der Waals surface area contributed by atoms with Crippen molar-refractivity contribution in [3.8, 4) is 17.6 Å². The zero-order valence-corrected chi connectivity index (χ0v) is 19.0. The van der Waals surface area contributed by atoms with Crippen molar-refractivity contribution < 1.29 is 14.3 Å². The minimum Gasteiger partial charge on any atom is -0.480 e. The van der Waals surface area contributed by atoms with Crippen LogP contribution in [0, 0.1) is 5.92 Å². The predicted octanol–water partition coefficient (Wildman–Crippen LogP) is 4.68. The first-order valence-corrected chi connectivity index (χ1v) is 10.8. The summed E-state index contributed by atoms with van der Waals surface area (Å²) >= 11 is 5.82. The fourth-order valence-electron chi connectivity index (χ4n) is 3.46. The van der Waals surface area contributed by atoms with Crippen molar-refractivity contribution in [3.05, 3.63) is 65.2 Å². The maximum atomic E-state index is 12.6. The third-order valence-electron chi connectivity index (χ3n) is 5.17. The van der Waals surface area contributed by atoms with Crippen LogP contribution < -0.4 is 14.8 Å². The molecule has 0 radical (unpaired) electrons. The van der Waals surface area contributed by atoms with E-state index in [2.05, 4.69) is 38.3 Å². The lowest BCUT2D eigenvalue weighted by atomic mass is 9.91. The highest BCUT2D eigenvalue weighted by molar-refractivity contribution is 6.30. The Morgan fingerprint density at radius 1 is 1.18 bits per heavy atom. The number of hydrogen-bond donors (Lipinski definition) is 1. The van der Waals surface area contributed by atoms with E-state index in [1.165, 1.54) is 37.5 Å². The summed E-state index contributed by atoms with van der Waals surface area (Å²) in [6.45, 7) is 3.33. The van der Waals surface area contributed by atoms with E-state index < -0.39 is 0 Å². The Hall–Kier alpha value is -3.72. The smallest absolute Gasteiger partial charge is 0.323 e. The molecule has 1 unspecified atom stereocenters. The third-order valence-corrected chi connectivity index (χ3v) is 5.37. The molecule has 2 amide bonds. The number of nitrogens with one attached hydrogen (secondary N) is 1. The standard InChI is InChI=1S/C23H23ClN6O3/c1-15-14-30(23(31)29-20-12-26-21(32-2)13-25-20)7-6-17(15)8-16-4-3-5-19(9-16)33-22-27-10-18(24)11-28-22/h3-5,8-13,15H,6-7,14H2,1-2H3,(H,25,29,31). The Bertz CT molecular complexity index is 1140. The normalized spacial score (nSPS) is 17.0. The number of carbonyl (C=O) groups excluding carboxylic acids is 1. The van der Waals surface area contributed by atoms with Crippen LogP contribution in [0.25, 0.3) is 6.08 Å². The van der Waals surface area contributed by atoms with Crippen molar-refractivity contribution in [2.24, 2.45) is 5.92 Å². The average Bonchev–Trinajstić information content (AvgIpc) is 2.82. The maximum absolute atomic E-state index is 12.6. The molecule has 10 heteroatoms. The first kappa shape index (κ1) is 22.5. The lowest BCUT2D eigenvalue weighted by Crippen LogP contribution is -2.42. The van der Waals surface area contributed by atoms with Gasteiger partial charge in [-0.25, -0.2) is 24.7 Å². The van der Waals surface area contributed by atoms with E-state index in [4.69, 9.17) is 21.1 Å². The van der Waals surface area contributed by atoms with Gasteiger partial charge in [0.15, 0.2) is 5.82 Å². The number of amides is 2. The van der Waals surface area contributed by atoms with Crippen LogP contribution in [0.3, 0.4) is 0 Å². The van der Waals surface area contributed by atoms with Crippen molar-refractivity contribution in [3.63, 3.8) is 0 Å². The third kappa shape index (κ3) is 5.95. The first-order chi connectivity index (χ1) is 16.0. The summed E-state index contributed by atoms with van der Waals surface area (Å²) in [6, 6.07) is 7.74. The van der Waals surface area contributed by atoms with Gasteiger partial charge in [0.1, 0.15) is 5.75 Å². The molecule has 170 valence electrons. The summed E-state index contributed by atoms with van der Waals surface area (Å²) in [4.78, 5) is 30.7. The molecule has 1 fully saturated rings. The van der Waals surface area contributed by atoms with E-state index in [1.54, 1.807) is 4.90 Å². The summed E-state index contributed by atoms with van der Waals surface area (Å²) in [5.41, 5.74) is 2.28. The van der Waals surface area contributed by atoms with Crippen molar-refractivity contribution >= 4 is 29.5 Å². The molecule has 1 N–H and O–H groups in total. The molecule has 1 aromatic carbocycles. The van der Waals surface area contributed by atoms with Gasteiger partial charge in [0.05, 0.1) is 36.9 Å². The van der Waals surface area contributed by atoms with Crippen molar-refractivity contribution in [2.45, 2.75) is 13.3 Å². The fourth-order valence-corrected chi connectivity index (χ4v) is 3.56. The quantitative estimate of drug-likeness (QED) is 0.582. The van der Waals surface area contributed by atoms with Gasteiger partial charge in [0.2, 0.25) is 5.88 Å². The molecule has 0 spiro atoms. The minimum atomic E-state index is -0.196. The predicted molar refractivity (Wildman–Crippen MR) is 124 cm³/mol. The van der Waals surface area contributed by atoms with Gasteiger partial charge in [-0.1, -0.05) is 42.3 Å². The van der Waals surface area contributed by atoms with Crippen molar-refractivity contribution in [1.82, 2.24) is 24.8 Å². The topological polar surface area (TPSA) is 102 Å². The number of aromatic nitrogens is 4. The highest BCUT2D eigenvalue weighted by Gasteiger charge is 2.24. The fraction of sp³-hybridized carbons (Fsp3) is 0.261. The van der Waals surface area contributed by atoms with Gasteiger partial charge in [0.25, 0.3) is 0 Å². The molecule has 1 aliphatic rings. The molecular formula is C23H23ClN6O3. The number of methoxy groups -OCH3 is 1. The monoisotopic (exact) mass is 466 g/mol. The van der Waals surface area contributed by atoms with Crippen LogP contribution in [-0.4, -0.2) is 51.1 Å². The summed E-state index contributed by atoms with van der Waals surface area (Å²) in [5.74, 6) is 1.62. The van der Waals surface area contributed by atoms with Crippen LogP contribution in [-0.2, 0) is 0 Å². The van der Waals surface area contributed by atoms with Crippen LogP contribution in [0.5, 0.6) is 17.6 Å². The molecule has 2 aromatic heterocycles. The number of hydrogen-bond acceptors (Lipinski definition) is 7. The van der Waals surface area contributed by atoms with Crippen molar-refractivity contribution in [2.75, 3.05) is 25.5 Å². The van der Waals surface area contributed by atoms with Crippen LogP contribution in [0.1, 0.15) is 18.9 Å². The zero-order chi connectivity index (χ0) is 23.2. The Morgan fingerprint density at radius 2 is 2.00 bits per heavy atom. The molecule has 1 saturated heterocycles. The molecule has 3 aromatic rings. The number of ether oxygens (including phenoxy) is 2. The number of halogens is 1. The summed E-state index contributed by atoms with van der Waals surface area (Å²) in [7, 11) is 1.51. The van der Waals surface area contributed by atoms with Crippen LogP contribution in [0.15, 0.2) is 54.6 Å². The minimum absolute atomic E-state index is 0.196. The van der Waals surface area contributed by atoms with Gasteiger partial charge in [-0.3, -0.25) is 5.32 Å². The first-order valence-electron chi connectivity index (χ1n) is 10.4. The molecule has 4 rings (SSSR count). The van der Waals surface area contributed by atoms with Crippen LogP contribution in [0.2, 0.25) is 5.02 Å². The van der Waals surface area contributed by atoms with E-state index >= 15 is 0 Å². The lowest BCUT2D eigenvalue weighted by Gasteiger charge is -2.33. The van der Waals surface area contributed by atoms with E-state index in [9.17, 15) is 4.79 Å². The Kier molecular flexibility index (Phi) is 6.99. The number of likely N-dealkylation sites (tertiary alicyclic amines) is 1. The summed E-state index contributed by atoms with van der Waals surface area (Å²) in [5, 5.41) is 3.23. The highest BCUT2D eigenvalue weighted by atomic mass is 35.5. The number of urea groups is 1. The molecule has 1 aliphatic heterocycles. The van der Waals surface area contributed by atoms with Gasteiger partial charge >= 0.3 is 12.0 Å². The number of piperidine rings is 1. The SMILES string of the molecule is COc1cnc(NC(=O)N2CCC(=Cc3cccc(Oc4ncc(Cl)cn4)c3)C(C)C2)cn1. The van der Waals surface area contributed by atoms with Gasteiger partial charge < -0.3 is 14.4 Å². The summed E-state index contributed by atoms with van der Waals surface area (Å²) < 4.78 is 10.7. The number of rotatable bonds is 5. The van der Waals surface area contributed by atoms with Gasteiger partial charge in [0, 0.05) is 13.1 Å². The second-order valence-electron chi connectivity index (χ2n) is 7.55. The van der Waals surface area contributed by atoms with E-state index in [0.29, 0.717) is 35.6 Å². The molecule has 0 bridgehead atoms. The van der Waals surface area contributed by atoms with Gasteiger partial charge in [-0.15, -0.1) is 0 Å². The van der Waals surface area contributed by atoms with Gasteiger partial charge in [-0.2, -0.15) is 0 Å². The second kappa shape index (κ2) is 10.3. The molecule has 3 heterocycles. The molecule has 33 heavy (non-hydrogen) atoms. The molecule has 1 atom stereocenters. The van der Waals surface area contributed by atoms with E-state index in [0.717, 1.165) is 12.0 Å². The number of benzene rings is 1. The van der Waals surface area contributed by atoms with Gasteiger partial charge in [-0.05, 0) is 30.0 Å². The number of nitrogens with zero attached hydrogens (tertiary/aromatic N) is 5. The summed E-state index contributed by atoms with van der Waals surface area (Å²) in [6.07, 6.45) is 8.83.